The lowest BCUT2D eigenvalue weighted by molar-refractivity contribution is 0.218. The number of aryl methyl sites for hydroxylation is 1. The Kier molecular flexibility index (Phi) is 4.99. The normalized spacial score (nSPS) is 10.3. The van der Waals surface area contributed by atoms with Crippen LogP contribution in [-0.2, 0) is 0 Å². The molecule has 0 saturated carbocycles. The van der Waals surface area contributed by atoms with E-state index in [4.69, 9.17) is 38.4 Å². The van der Waals surface area contributed by atoms with Crippen LogP contribution in [0.25, 0.3) is 0 Å². The smallest absolute Gasteiger partial charge is 0.142 e. The minimum atomic E-state index is 0.370. The summed E-state index contributed by atoms with van der Waals surface area (Å²) < 4.78 is 11.1. The molecule has 0 saturated heterocycles. The number of hydrogen-bond donors (Lipinski definition) is 1. The maximum Gasteiger partial charge on any atom is 0.142 e. The van der Waals surface area contributed by atoms with Crippen molar-refractivity contribution < 1.29 is 9.47 Å². The lowest BCUT2D eigenvalue weighted by Gasteiger charge is -2.11. The van der Waals surface area contributed by atoms with Gasteiger partial charge in [-0.2, -0.15) is 0 Å². The maximum absolute atomic E-state index is 6.00. The van der Waals surface area contributed by atoms with Crippen LogP contribution in [0.3, 0.4) is 0 Å². The summed E-state index contributed by atoms with van der Waals surface area (Å²) in [5.41, 5.74) is 7.53. The zero-order valence-corrected chi connectivity index (χ0v) is 12.5. The van der Waals surface area contributed by atoms with E-state index in [1.54, 1.807) is 18.2 Å². The van der Waals surface area contributed by atoms with Gasteiger partial charge in [0.05, 0.1) is 10.7 Å². The van der Waals surface area contributed by atoms with Crippen LogP contribution >= 0.6 is 23.2 Å². The zero-order chi connectivity index (χ0) is 14.5. The van der Waals surface area contributed by atoms with E-state index in [9.17, 15) is 0 Å². The van der Waals surface area contributed by atoms with Gasteiger partial charge in [-0.05, 0) is 42.8 Å². The summed E-state index contributed by atoms with van der Waals surface area (Å²) in [7, 11) is 0. The van der Waals surface area contributed by atoms with Gasteiger partial charge in [0.25, 0.3) is 0 Å². The Morgan fingerprint density at radius 3 is 2.35 bits per heavy atom. The second-order valence-electron chi connectivity index (χ2n) is 4.31. The van der Waals surface area contributed by atoms with Crippen LogP contribution < -0.4 is 15.2 Å². The molecule has 0 amide bonds. The molecule has 0 bridgehead atoms. The average molecular weight is 312 g/mol. The summed E-state index contributed by atoms with van der Waals surface area (Å²) in [5, 5.41) is 1.05. The molecule has 0 heterocycles. The fourth-order valence-corrected chi connectivity index (χ4v) is 2.13. The summed E-state index contributed by atoms with van der Waals surface area (Å²) in [6.07, 6.45) is 0. The molecule has 0 radical (unpaired) electrons. The molecule has 2 aromatic rings. The fourth-order valence-electron chi connectivity index (χ4n) is 1.66. The summed E-state index contributed by atoms with van der Waals surface area (Å²) in [5.74, 6) is 1.24. The van der Waals surface area contributed by atoms with Gasteiger partial charge in [0, 0.05) is 5.02 Å². The van der Waals surface area contributed by atoms with E-state index in [1.165, 1.54) is 0 Å². The SMILES string of the molecule is Cc1ccc(N)c(OCCOc2ccc(Cl)cc2Cl)c1. The third kappa shape index (κ3) is 3.95. The Labute approximate surface area is 128 Å². The molecule has 0 aliphatic heterocycles. The summed E-state index contributed by atoms with van der Waals surface area (Å²) >= 11 is 11.8. The van der Waals surface area contributed by atoms with E-state index in [2.05, 4.69) is 0 Å². The quantitative estimate of drug-likeness (QED) is 0.660. The molecule has 0 spiro atoms. The first-order chi connectivity index (χ1) is 9.56. The molecule has 0 atom stereocenters. The molecule has 2 rings (SSSR count). The van der Waals surface area contributed by atoms with Gasteiger partial charge in [-0.1, -0.05) is 29.3 Å². The Morgan fingerprint density at radius 1 is 0.950 bits per heavy atom. The molecular formula is C15H15Cl2NO2. The number of anilines is 1. The largest absolute Gasteiger partial charge is 0.488 e. The van der Waals surface area contributed by atoms with Gasteiger partial charge in [-0.3, -0.25) is 0 Å². The van der Waals surface area contributed by atoms with E-state index in [1.807, 2.05) is 25.1 Å². The van der Waals surface area contributed by atoms with Crippen molar-refractivity contribution in [2.75, 3.05) is 18.9 Å². The lowest BCUT2D eigenvalue weighted by Crippen LogP contribution is -2.10. The summed E-state index contributed by atoms with van der Waals surface area (Å²) in [6.45, 7) is 2.73. The number of nitrogen functional groups attached to an aromatic ring is 1. The van der Waals surface area contributed by atoms with Crippen LogP contribution in [0.2, 0.25) is 10.0 Å². The van der Waals surface area contributed by atoms with Gasteiger partial charge < -0.3 is 15.2 Å². The molecule has 5 heteroatoms. The predicted molar refractivity (Wildman–Crippen MR) is 83.0 cm³/mol. The highest BCUT2D eigenvalue weighted by molar-refractivity contribution is 6.35. The molecule has 2 N–H and O–H groups in total. The lowest BCUT2D eigenvalue weighted by atomic mass is 10.2. The topological polar surface area (TPSA) is 44.5 Å². The molecule has 0 unspecified atom stereocenters. The van der Waals surface area contributed by atoms with E-state index in [0.717, 1.165) is 5.56 Å². The summed E-state index contributed by atoms with van der Waals surface area (Å²) in [6, 6.07) is 10.7. The van der Waals surface area contributed by atoms with E-state index in [-0.39, 0.29) is 0 Å². The maximum atomic E-state index is 6.00. The highest BCUT2D eigenvalue weighted by Gasteiger charge is 2.04. The first-order valence-electron chi connectivity index (χ1n) is 6.13. The van der Waals surface area contributed by atoms with Crippen LogP contribution in [0.5, 0.6) is 11.5 Å². The predicted octanol–water partition coefficient (Wildman–Crippen LogP) is 4.34. The fraction of sp³-hybridized carbons (Fsp3) is 0.200. The number of ether oxygens (including phenoxy) is 2. The second kappa shape index (κ2) is 6.73. The van der Waals surface area contributed by atoms with Crippen LogP contribution in [0.4, 0.5) is 5.69 Å². The van der Waals surface area contributed by atoms with Gasteiger partial charge in [0.2, 0.25) is 0 Å². The Hall–Kier alpha value is -1.58. The Morgan fingerprint density at radius 2 is 1.65 bits per heavy atom. The van der Waals surface area contributed by atoms with Crippen molar-refractivity contribution in [2.24, 2.45) is 0 Å². The highest BCUT2D eigenvalue weighted by Crippen LogP contribution is 2.27. The van der Waals surface area contributed by atoms with Crippen molar-refractivity contribution in [2.45, 2.75) is 6.92 Å². The Bertz CT molecular complexity index is 602. The number of benzene rings is 2. The third-order valence-electron chi connectivity index (χ3n) is 2.66. The molecule has 106 valence electrons. The van der Waals surface area contributed by atoms with Gasteiger partial charge in [-0.15, -0.1) is 0 Å². The monoisotopic (exact) mass is 311 g/mol. The Balaban J connectivity index is 1.86. The van der Waals surface area contributed by atoms with Crippen molar-refractivity contribution in [3.05, 3.63) is 52.0 Å². The minimum Gasteiger partial charge on any atom is -0.488 e. The second-order valence-corrected chi connectivity index (χ2v) is 5.16. The first kappa shape index (κ1) is 14.8. The third-order valence-corrected chi connectivity index (χ3v) is 3.19. The van der Waals surface area contributed by atoms with Crippen LogP contribution in [-0.4, -0.2) is 13.2 Å². The van der Waals surface area contributed by atoms with Gasteiger partial charge in [0.1, 0.15) is 24.7 Å². The van der Waals surface area contributed by atoms with Crippen molar-refractivity contribution in [1.29, 1.82) is 0 Å². The number of nitrogens with two attached hydrogens (primary N) is 1. The first-order valence-corrected chi connectivity index (χ1v) is 6.88. The van der Waals surface area contributed by atoms with E-state index in [0.29, 0.717) is 40.4 Å². The highest BCUT2D eigenvalue weighted by atomic mass is 35.5. The van der Waals surface area contributed by atoms with Crippen molar-refractivity contribution in [3.63, 3.8) is 0 Å². The van der Waals surface area contributed by atoms with Crippen LogP contribution in [0, 0.1) is 6.92 Å². The molecule has 0 aliphatic rings. The van der Waals surface area contributed by atoms with Gasteiger partial charge in [0.15, 0.2) is 0 Å². The van der Waals surface area contributed by atoms with Gasteiger partial charge >= 0.3 is 0 Å². The molecule has 0 fully saturated rings. The number of halogens is 2. The summed E-state index contributed by atoms with van der Waals surface area (Å²) in [4.78, 5) is 0. The molecule has 20 heavy (non-hydrogen) atoms. The van der Waals surface area contributed by atoms with Crippen LogP contribution in [0.15, 0.2) is 36.4 Å². The average Bonchev–Trinajstić information content (AvgIpc) is 2.40. The van der Waals surface area contributed by atoms with E-state index < -0.39 is 0 Å². The molecule has 0 aliphatic carbocycles. The van der Waals surface area contributed by atoms with Crippen molar-refractivity contribution >= 4 is 28.9 Å². The van der Waals surface area contributed by atoms with Crippen molar-refractivity contribution in [3.8, 4) is 11.5 Å². The standard InChI is InChI=1S/C15H15Cl2NO2/c1-10-2-4-13(18)15(8-10)20-7-6-19-14-5-3-11(16)9-12(14)17/h2-5,8-9H,6-7,18H2,1H3. The molecule has 2 aromatic carbocycles. The van der Waals surface area contributed by atoms with E-state index >= 15 is 0 Å². The number of rotatable bonds is 5. The molecule has 3 nitrogen and oxygen atoms in total. The van der Waals surface area contributed by atoms with Gasteiger partial charge in [-0.25, -0.2) is 0 Å². The van der Waals surface area contributed by atoms with Crippen LogP contribution in [0.1, 0.15) is 5.56 Å². The van der Waals surface area contributed by atoms with Crippen molar-refractivity contribution in [1.82, 2.24) is 0 Å². The zero-order valence-electron chi connectivity index (χ0n) is 11.0. The molecule has 0 aromatic heterocycles. The number of hydrogen-bond acceptors (Lipinski definition) is 3. The molecular weight excluding hydrogens is 297 g/mol. The minimum absolute atomic E-state index is 0.370.